The van der Waals surface area contributed by atoms with Crippen molar-refractivity contribution in [3.05, 3.63) is 0 Å². The van der Waals surface area contributed by atoms with E-state index in [1.165, 1.54) is 0 Å². The minimum atomic E-state index is -0.970. The average molecular weight is 272 g/mol. The molecule has 110 valence electrons. The van der Waals surface area contributed by atoms with Crippen molar-refractivity contribution < 1.29 is 19.4 Å². The molecule has 1 fully saturated rings. The fraction of sp³-hybridized carbons (Fsp3) is 0.846. The Hall–Kier alpha value is -1.14. The number of carbonyl (C=O) groups is 2. The zero-order chi connectivity index (χ0) is 14.6. The Morgan fingerprint density at radius 2 is 2.00 bits per heavy atom. The van der Waals surface area contributed by atoms with Crippen molar-refractivity contribution in [3.63, 3.8) is 0 Å². The van der Waals surface area contributed by atoms with Crippen molar-refractivity contribution in [2.45, 2.75) is 51.8 Å². The van der Waals surface area contributed by atoms with E-state index >= 15 is 0 Å². The maximum atomic E-state index is 11.9. The number of hydrogen-bond acceptors (Lipinski definition) is 4. The predicted octanol–water partition coefficient (Wildman–Crippen LogP) is 0.465. The normalized spacial score (nSPS) is 21.3. The molecule has 0 aliphatic carbocycles. The molecule has 1 rings (SSSR count). The number of carboxylic acid groups (broad SMARTS) is 1. The highest BCUT2D eigenvalue weighted by Gasteiger charge is 2.43. The molecule has 0 radical (unpaired) electrons. The fourth-order valence-corrected chi connectivity index (χ4v) is 2.05. The van der Waals surface area contributed by atoms with E-state index < -0.39 is 11.6 Å². The average Bonchev–Trinajstić information content (AvgIpc) is 2.31. The van der Waals surface area contributed by atoms with E-state index in [0.717, 1.165) is 6.42 Å². The second-order valence-corrected chi connectivity index (χ2v) is 5.53. The van der Waals surface area contributed by atoms with Crippen LogP contribution in [0.15, 0.2) is 0 Å². The van der Waals surface area contributed by atoms with Crippen LogP contribution in [0.5, 0.6) is 0 Å². The molecule has 0 bridgehead atoms. The Morgan fingerprint density at radius 1 is 1.42 bits per heavy atom. The van der Waals surface area contributed by atoms with Gasteiger partial charge in [-0.15, -0.1) is 0 Å². The second-order valence-electron chi connectivity index (χ2n) is 5.53. The highest BCUT2D eigenvalue weighted by Crippen LogP contribution is 2.26. The standard InChI is InChI=1S/C13H24N2O4/c1-5-9(2)14-12(18)10(3)15-7-13(4,8-15)19-6-11(16)17/h9-10H,5-8H2,1-4H3,(H,14,18)(H,16,17). The molecule has 6 nitrogen and oxygen atoms in total. The Bertz CT molecular complexity index is 340. The van der Waals surface area contributed by atoms with Gasteiger partial charge >= 0.3 is 5.97 Å². The molecule has 2 unspecified atom stereocenters. The van der Waals surface area contributed by atoms with Crippen molar-refractivity contribution in [1.82, 2.24) is 10.2 Å². The molecule has 1 heterocycles. The Labute approximate surface area is 114 Å². The molecule has 2 N–H and O–H groups in total. The molecule has 1 amide bonds. The monoisotopic (exact) mass is 272 g/mol. The maximum Gasteiger partial charge on any atom is 0.329 e. The molecule has 0 aromatic carbocycles. The summed E-state index contributed by atoms with van der Waals surface area (Å²) in [5.41, 5.74) is -0.455. The predicted molar refractivity (Wildman–Crippen MR) is 70.9 cm³/mol. The number of rotatable bonds is 7. The first-order chi connectivity index (χ1) is 8.77. The van der Waals surface area contributed by atoms with Crippen LogP contribution >= 0.6 is 0 Å². The zero-order valence-corrected chi connectivity index (χ0v) is 12.1. The highest BCUT2D eigenvalue weighted by atomic mass is 16.5. The highest BCUT2D eigenvalue weighted by molar-refractivity contribution is 5.81. The van der Waals surface area contributed by atoms with Crippen LogP contribution in [0.1, 0.15) is 34.1 Å². The summed E-state index contributed by atoms with van der Waals surface area (Å²) >= 11 is 0. The first-order valence-electron chi connectivity index (χ1n) is 6.67. The van der Waals surface area contributed by atoms with Crippen LogP contribution in [0.25, 0.3) is 0 Å². The molecule has 19 heavy (non-hydrogen) atoms. The molecule has 0 aromatic rings. The number of nitrogens with zero attached hydrogens (tertiary/aromatic N) is 1. The van der Waals surface area contributed by atoms with E-state index in [1.54, 1.807) is 0 Å². The minimum Gasteiger partial charge on any atom is -0.480 e. The van der Waals surface area contributed by atoms with Crippen LogP contribution in [0.2, 0.25) is 0 Å². The van der Waals surface area contributed by atoms with E-state index in [0.29, 0.717) is 13.1 Å². The van der Waals surface area contributed by atoms with Gasteiger partial charge in [-0.1, -0.05) is 6.92 Å². The maximum absolute atomic E-state index is 11.9. The second kappa shape index (κ2) is 6.34. The number of carboxylic acids is 1. The molecule has 1 aliphatic rings. The Kier molecular flexibility index (Phi) is 5.31. The lowest BCUT2D eigenvalue weighted by Crippen LogP contribution is -2.66. The number of hydrogen-bond donors (Lipinski definition) is 2. The summed E-state index contributed by atoms with van der Waals surface area (Å²) in [4.78, 5) is 24.4. The number of nitrogens with one attached hydrogen (secondary N) is 1. The van der Waals surface area contributed by atoms with E-state index in [9.17, 15) is 9.59 Å². The van der Waals surface area contributed by atoms with Gasteiger partial charge in [0.05, 0.1) is 11.6 Å². The molecule has 0 saturated carbocycles. The summed E-state index contributed by atoms with van der Waals surface area (Å²) in [7, 11) is 0. The number of aliphatic carboxylic acids is 1. The van der Waals surface area contributed by atoms with Gasteiger partial charge in [0.1, 0.15) is 6.61 Å². The van der Waals surface area contributed by atoms with Crippen LogP contribution in [0.3, 0.4) is 0 Å². The molecule has 2 atom stereocenters. The first-order valence-corrected chi connectivity index (χ1v) is 6.67. The summed E-state index contributed by atoms with van der Waals surface area (Å²) in [5.74, 6) is -0.961. The Morgan fingerprint density at radius 3 is 2.47 bits per heavy atom. The topological polar surface area (TPSA) is 78.9 Å². The van der Waals surface area contributed by atoms with Crippen molar-refractivity contribution >= 4 is 11.9 Å². The molecule has 1 saturated heterocycles. The lowest BCUT2D eigenvalue weighted by molar-refractivity contribution is -0.171. The number of ether oxygens (including phenoxy) is 1. The van der Waals surface area contributed by atoms with Crippen molar-refractivity contribution in [2.75, 3.05) is 19.7 Å². The van der Waals surface area contributed by atoms with Gasteiger partial charge in [0.2, 0.25) is 5.91 Å². The lowest BCUT2D eigenvalue weighted by atomic mass is 9.94. The van der Waals surface area contributed by atoms with Gasteiger partial charge in [-0.05, 0) is 27.2 Å². The third-order valence-corrected chi connectivity index (χ3v) is 3.55. The third-order valence-electron chi connectivity index (χ3n) is 3.55. The summed E-state index contributed by atoms with van der Waals surface area (Å²) in [6.45, 7) is 8.58. The largest absolute Gasteiger partial charge is 0.480 e. The summed E-state index contributed by atoms with van der Waals surface area (Å²) in [5, 5.41) is 11.5. The number of likely N-dealkylation sites (tertiary alicyclic amines) is 1. The van der Waals surface area contributed by atoms with Crippen molar-refractivity contribution in [3.8, 4) is 0 Å². The summed E-state index contributed by atoms with van der Waals surface area (Å²) in [6, 6.07) is -0.0404. The van der Waals surface area contributed by atoms with Gasteiger partial charge in [0, 0.05) is 19.1 Å². The van der Waals surface area contributed by atoms with Crippen LogP contribution in [-0.2, 0) is 14.3 Å². The SMILES string of the molecule is CCC(C)NC(=O)C(C)N1CC(C)(OCC(=O)O)C1. The van der Waals surface area contributed by atoms with Gasteiger partial charge in [-0.2, -0.15) is 0 Å². The molecular weight excluding hydrogens is 248 g/mol. The van der Waals surface area contributed by atoms with Crippen molar-refractivity contribution in [1.29, 1.82) is 0 Å². The fourth-order valence-electron chi connectivity index (χ4n) is 2.05. The smallest absolute Gasteiger partial charge is 0.329 e. The third kappa shape index (κ3) is 4.47. The lowest BCUT2D eigenvalue weighted by Gasteiger charge is -2.49. The summed E-state index contributed by atoms with van der Waals surface area (Å²) in [6.07, 6.45) is 0.901. The van der Waals surface area contributed by atoms with Crippen LogP contribution < -0.4 is 5.32 Å². The minimum absolute atomic E-state index is 0.00892. The zero-order valence-electron chi connectivity index (χ0n) is 12.1. The van der Waals surface area contributed by atoms with E-state index in [2.05, 4.69) is 5.32 Å². The van der Waals surface area contributed by atoms with Gasteiger partial charge in [0.25, 0.3) is 0 Å². The van der Waals surface area contributed by atoms with Crippen LogP contribution in [0, 0.1) is 0 Å². The molecule has 1 aliphatic heterocycles. The van der Waals surface area contributed by atoms with E-state index in [1.807, 2.05) is 32.6 Å². The molecule has 0 spiro atoms. The number of carbonyl (C=O) groups excluding carboxylic acids is 1. The molecule has 6 heteroatoms. The van der Waals surface area contributed by atoms with E-state index in [4.69, 9.17) is 9.84 Å². The molecular formula is C13H24N2O4. The van der Waals surface area contributed by atoms with Gasteiger partial charge in [-0.25, -0.2) is 4.79 Å². The summed E-state index contributed by atoms with van der Waals surface area (Å²) < 4.78 is 5.32. The van der Waals surface area contributed by atoms with Gasteiger partial charge in [-0.3, -0.25) is 9.69 Å². The van der Waals surface area contributed by atoms with Gasteiger partial charge < -0.3 is 15.2 Å². The molecule has 0 aromatic heterocycles. The quantitative estimate of drug-likeness (QED) is 0.704. The Balaban J connectivity index is 2.36. The van der Waals surface area contributed by atoms with Crippen LogP contribution in [0.4, 0.5) is 0 Å². The first kappa shape index (κ1) is 15.9. The van der Waals surface area contributed by atoms with Crippen molar-refractivity contribution in [2.24, 2.45) is 0 Å². The number of amides is 1. The van der Waals surface area contributed by atoms with Crippen LogP contribution in [-0.4, -0.2) is 59.3 Å². The van der Waals surface area contributed by atoms with Gasteiger partial charge in [0.15, 0.2) is 0 Å². The van der Waals surface area contributed by atoms with E-state index in [-0.39, 0.29) is 24.6 Å².